The van der Waals surface area contributed by atoms with Gasteiger partial charge in [-0.05, 0) is 71.6 Å². The second-order valence-corrected chi connectivity index (χ2v) is 13.1. The standard InChI is InChI=1S/C31H29Cl2N3O4S/c1-31(2,3)22-14-12-21(13-15-22)30(38)35-26-9-7-8-25(19-26)34-29(37)20-36(27-17-23(32)16-24(33)18-27)41(39,40)28-10-5-4-6-11-28/h4-19H,20H2,1-3H3,(H,34,37)(H,35,38). The predicted molar refractivity (Wildman–Crippen MR) is 166 cm³/mol. The van der Waals surface area contributed by atoms with Crippen molar-refractivity contribution in [3.8, 4) is 0 Å². The molecule has 4 aromatic carbocycles. The molecule has 0 aliphatic heterocycles. The lowest BCUT2D eigenvalue weighted by atomic mass is 9.87. The zero-order chi connectivity index (χ0) is 29.8. The Morgan fingerprint density at radius 3 is 1.93 bits per heavy atom. The first kappa shape index (κ1) is 30.1. The molecule has 10 heteroatoms. The van der Waals surface area contributed by atoms with Crippen LogP contribution in [0.3, 0.4) is 0 Å². The summed E-state index contributed by atoms with van der Waals surface area (Å²) in [7, 11) is -4.14. The fraction of sp³-hybridized carbons (Fsp3) is 0.161. The zero-order valence-corrected chi connectivity index (χ0v) is 25.0. The molecule has 4 aromatic rings. The Labute approximate surface area is 250 Å². The number of hydrogen-bond donors (Lipinski definition) is 2. The Kier molecular flexibility index (Phi) is 9.07. The topological polar surface area (TPSA) is 95.6 Å². The minimum Gasteiger partial charge on any atom is -0.324 e. The lowest BCUT2D eigenvalue weighted by Crippen LogP contribution is -2.38. The molecule has 7 nitrogen and oxygen atoms in total. The third kappa shape index (κ3) is 7.67. The van der Waals surface area contributed by atoms with Crippen molar-refractivity contribution < 1.29 is 18.0 Å². The summed E-state index contributed by atoms with van der Waals surface area (Å²) >= 11 is 12.3. The van der Waals surface area contributed by atoms with Crippen LogP contribution in [-0.2, 0) is 20.2 Å². The Balaban J connectivity index is 1.52. The number of carbonyl (C=O) groups is 2. The van der Waals surface area contributed by atoms with Crippen molar-refractivity contribution in [3.05, 3.63) is 118 Å². The van der Waals surface area contributed by atoms with Gasteiger partial charge in [0.2, 0.25) is 5.91 Å². The largest absolute Gasteiger partial charge is 0.324 e. The molecule has 2 amide bonds. The first-order chi connectivity index (χ1) is 19.3. The Morgan fingerprint density at radius 2 is 1.34 bits per heavy atom. The van der Waals surface area contributed by atoms with Gasteiger partial charge in [-0.1, -0.05) is 80.4 Å². The second-order valence-electron chi connectivity index (χ2n) is 10.4. The number of rotatable bonds is 8. The van der Waals surface area contributed by atoms with Gasteiger partial charge in [0.25, 0.3) is 15.9 Å². The van der Waals surface area contributed by atoms with Crippen LogP contribution in [0.4, 0.5) is 17.1 Å². The first-order valence-corrected chi connectivity index (χ1v) is 14.9. The number of carbonyl (C=O) groups excluding carboxylic acids is 2. The van der Waals surface area contributed by atoms with E-state index in [-0.39, 0.29) is 32.0 Å². The number of anilines is 3. The van der Waals surface area contributed by atoms with Gasteiger partial charge in [0, 0.05) is 27.0 Å². The van der Waals surface area contributed by atoms with Crippen LogP contribution >= 0.6 is 23.2 Å². The zero-order valence-electron chi connectivity index (χ0n) is 22.7. The van der Waals surface area contributed by atoms with E-state index in [1.54, 1.807) is 54.6 Å². The molecular formula is C31H29Cl2N3O4S. The van der Waals surface area contributed by atoms with E-state index in [2.05, 4.69) is 31.4 Å². The van der Waals surface area contributed by atoms with Crippen molar-refractivity contribution >= 4 is 62.1 Å². The van der Waals surface area contributed by atoms with E-state index in [4.69, 9.17) is 23.2 Å². The summed E-state index contributed by atoms with van der Waals surface area (Å²) in [6.07, 6.45) is 0. The van der Waals surface area contributed by atoms with Crippen LogP contribution in [-0.4, -0.2) is 26.8 Å². The lowest BCUT2D eigenvalue weighted by molar-refractivity contribution is -0.114. The number of hydrogen-bond acceptors (Lipinski definition) is 4. The van der Waals surface area contributed by atoms with Crippen molar-refractivity contribution in [1.82, 2.24) is 0 Å². The molecule has 2 N–H and O–H groups in total. The fourth-order valence-corrected chi connectivity index (χ4v) is 5.99. The van der Waals surface area contributed by atoms with Gasteiger partial charge >= 0.3 is 0 Å². The average Bonchev–Trinajstić information content (AvgIpc) is 2.91. The molecule has 0 saturated heterocycles. The van der Waals surface area contributed by atoms with Gasteiger partial charge in [-0.3, -0.25) is 13.9 Å². The first-order valence-electron chi connectivity index (χ1n) is 12.7. The van der Waals surface area contributed by atoms with Crippen molar-refractivity contribution in [2.45, 2.75) is 31.1 Å². The molecule has 0 aromatic heterocycles. The third-order valence-electron chi connectivity index (χ3n) is 6.17. The number of sulfonamides is 1. The molecule has 0 aliphatic rings. The SMILES string of the molecule is CC(C)(C)c1ccc(C(=O)Nc2cccc(NC(=O)CN(c3cc(Cl)cc(Cl)c3)S(=O)(=O)c3ccccc3)c2)cc1. The predicted octanol–water partition coefficient (Wildman–Crippen LogP) is 7.38. The summed E-state index contributed by atoms with van der Waals surface area (Å²) < 4.78 is 28.0. The van der Waals surface area contributed by atoms with Gasteiger partial charge in [0.1, 0.15) is 6.54 Å². The van der Waals surface area contributed by atoms with Gasteiger partial charge in [0.05, 0.1) is 10.6 Å². The van der Waals surface area contributed by atoms with Gasteiger partial charge < -0.3 is 10.6 Å². The van der Waals surface area contributed by atoms with Crippen LogP contribution in [0.2, 0.25) is 10.0 Å². The molecule has 41 heavy (non-hydrogen) atoms. The van der Waals surface area contributed by atoms with E-state index in [0.717, 1.165) is 9.87 Å². The number of nitrogens with one attached hydrogen (secondary N) is 2. The second kappa shape index (κ2) is 12.3. The summed E-state index contributed by atoms with van der Waals surface area (Å²) in [5, 5.41) is 5.98. The molecule has 0 saturated carbocycles. The number of amides is 2. The van der Waals surface area contributed by atoms with Crippen LogP contribution in [0.15, 0.2) is 102 Å². The minimum absolute atomic E-state index is 0.00383. The average molecular weight is 611 g/mol. The Bertz CT molecular complexity index is 1650. The summed E-state index contributed by atoms with van der Waals surface area (Å²) in [6, 6.07) is 26.0. The monoisotopic (exact) mass is 609 g/mol. The van der Waals surface area contributed by atoms with Gasteiger partial charge in [0.15, 0.2) is 0 Å². The number of benzene rings is 4. The van der Waals surface area contributed by atoms with Crippen LogP contribution in [0, 0.1) is 0 Å². The van der Waals surface area contributed by atoms with Crippen LogP contribution in [0.25, 0.3) is 0 Å². The van der Waals surface area contributed by atoms with Crippen LogP contribution < -0.4 is 14.9 Å². The maximum Gasteiger partial charge on any atom is 0.264 e. The molecule has 0 aliphatic carbocycles. The number of nitrogens with zero attached hydrogens (tertiary/aromatic N) is 1. The van der Waals surface area contributed by atoms with E-state index in [1.165, 1.54) is 30.3 Å². The highest BCUT2D eigenvalue weighted by Crippen LogP contribution is 2.30. The van der Waals surface area contributed by atoms with Crippen LogP contribution in [0.1, 0.15) is 36.7 Å². The van der Waals surface area contributed by atoms with Crippen molar-refractivity contribution in [1.29, 1.82) is 0 Å². The van der Waals surface area contributed by atoms with Gasteiger partial charge in [-0.2, -0.15) is 0 Å². The highest BCUT2D eigenvalue weighted by atomic mass is 35.5. The molecule has 212 valence electrons. The van der Waals surface area contributed by atoms with Crippen molar-refractivity contribution in [2.24, 2.45) is 0 Å². The number of halogens is 2. The van der Waals surface area contributed by atoms with Crippen molar-refractivity contribution in [2.75, 3.05) is 21.5 Å². The van der Waals surface area contributed by atoms with E-state index in [1.807, 2.05) is 12.1 Å². The maximum absolute atomic E-state index is 13.5. The molecule has 0 atom stereocenters. The highest BCUT2D eigenvalue weighted by Gasteiger charge is 2.28. The van der Waals surface area contributed by atoms with E-state index >= 15 is 0 Å². The summed E-state index contributed by atoms with van der Waals surface area (Å²) in [6.45, 7) is 5.75. The summed E-state index contributed by atoms with van der Waals surface area (Å²) in [4.78, 5) is 26.0. The molecule has 0 bridgehead atoms. The smallest absolute Gasteiger partial charge is 0.264 e. The van der Waals surface area contributed by atoms with E-state index in [9.17, 15) is 18.0 Å². The highest BCUT2D eigenvalue weighted by molar-refractivity contribution is 7.92. The van der Waals surface area contributed by atoms with E-state index < -0.39 is 22.5 Å². The third-order valence-corrected chi connectivity index (χ3v) is 8.40. The molecule has 0 fully saturated rings. The Hall–Kier alpha value is -3.85. The molecule has 0 radical (unpaired) electrons. The van der Waals surface area contributed by atoms with Crippen molar-refractivity contribution in [3.63, 3.8) is 0 Å². The maximum atomic E-state index is 13.5. The molecule has 0 spiro atoms. The molecule has 4 rings (SSSR count). The minimum atomic E-state index is -4.14. The molecule has 0 heterocycles. The molecular weight excluding hydrogens is 581 g/mol. The fourth-order valence-electron chi connectivity index (χ4n) is 4.05. The summed E-state index contributed by atoms with van der Waals surface area (Å²) in [5.74, 6) is -0.909. The quantitative estimate of drug-likeness (QED) is 0.218. The van der Waals surface area contributed by atoms with E-state index in [0.29, 0.717) is 16.9 Å². The Morgan fingerprint density at radius 1 is 0.756 bits per heavy atom. The summed E-state index contributed by atoms with van der Waals surface area (Å²) in [5.41, 5.74) is 2.55. The molecule has 0 unspecified atom stereocenters. The lowest BCUT2D eigenvalue weighted by Gasteiger charge is -2.24. The normalized spacial score (nSPS) is 11.5. The van der Waals surface area contributed by atoms with Crippen LogP contribution in [0.5, 0.6) is 0 Å². The van der Waals surface area contributed by atoms with Gasteiger partial charge in [-0.15, -0.1) is 0 Å². The van der Waals surface area contributed by atoms with Gasteiger partial charge in [-0.25, -0.2) is 8.42 Å².